The second-order valence-corrected chi connectivity index (χ2v) is 6.10. The molecule has 0 heterocycles. The van der Waals surface area contributed by atoms with Crippen LogP contribution in [0, 0.1) is 5.82 Å². The fourth-order valence-corrected chi connectivity index (χ4v) is 2.96. The van der Waals surface area contributed by atoms with E-state index in [0.717, 1.165) is 29.4 Å². The van der Waals surface area contributed by atoms with Crippen LogP contribution in [0.5, 0.6) is 0 Å². The number of halogens is 2. The summed E-state index contributed by atoms with van der Waals surface area (Å²) in [7, 11) is 0. The van der Waals surface area contributed by atoms with Crippen molar-refractivity contribution in [2.45, 2.75) is 32.7 Å². The van der Waals surface area contributed by atoms with Gasteiger partial charge in [0, 0.05) is 10.5 Å². The zero-order valence-electron chi connectivity index (χ0n) is 12.5. The Morgan fingerprint density at radius 3 is 2.29 bits per heavy atom. The van der Waals surface area contributed by atoms with Gasteiger partial charge in [-0.25, -0.2) is 4.39 Å². The molecule has 0 aliphatic rings. The minimum absolute atomic E-state index is 0.120. The lowest BCUT2D eigenvalue weighted by molar-refractivity contribution is 0.542. The summed E-state index contributed by atoms with van der Waals surface area (Å²) in [4.78, 5) is 0. The van der Waals surface area contributed by atoms with E-state index in [1.165, 1.54) is 17.2 Å². The normalized spacial score (nSPS) is 12.4. The van der Waals surface area contributed by atoms with E-state index >= 15 is 0 Å². The lowest BCUT2D eigenvalue weighted by Crippen LogP contribution is -2.23. The highest BCUT2D eigenvalue weighted by atomic mass is 79.9. The SMILES string of the molecule is CCNC(Cc1ccc(CC)cc1)c1cc(F)cc(Br)c1. The Balaban J connectivity index is 2.21. The Bertz CT molecular complexity index is 560. The lowest BCUT2D eigenvalue weighted by Gasteiger charge is -2.19. The van der Waals surface area contributed by atoms with E-state index < -0.39 is 0 Å². The molecule has 1 atom stereocenters. The van der Waals surface area contributed by atoms with Gasteiger partial charge in [-0.3, -0.25) is 0 Å². The van der Waals surface area contributed by atoms with Crippen molar-refractivity contribution >= 4 is 15.9 Å². The number of likely N-dealkylation sites (N-methyl/N-ethyl adjacent to an activating group) is 1. The molecule has 0 aliphatic carbocycles. The van der Waals surface area contributed by atoms with Gasteiger partial charge in [0.2, 0.25) is 0 Å². The smallest absolute Gasteiger partial charge is 0.124 e. The summed E-state index contributed by atoms with van der Waals surface area (Å²) in [6, 6.07) is 13.9. The minimum Gasteiger partial charge on any atom is -0.310 e. The number of nitrogens with one attached hydrogen (secondary N) is 1. The van der Waals surface area contributed by atoms with Crippen LogP contribution in [-0.4, -0.2) is 6.54 Å². The van der Waals surface area contributed by atoms with Crippen LogP contribution in [0.15, 0.2) is 46.9 Å². The van der Waals surface area contributed by atoms with E-state index in [9.17, 15) is 4.39 Å². The van der Waals surface area contributed by atoms with E-state index in [0.29, 0.717) is 0 Å². The highest BCUT2D eigenvalue weighted by Crippen LogP contribution is 2.23. The van der Waals surface area contributed by atoms with E-state index in [1.54, 1.807) is 6.07 Å². The number of rotatable bonds is 6. The van der Waals surface area contributed by atoms with Crippen LogP contribution in [0.2, 0.25) is 0 Å². The fourth-order valence-electron chi connectivity index (χ4n) is 2.48. The van der Waals surface area contributed by atoms with Crippen molar-refractivity contribution in [3.63, 3.8) is 0 Å². The average Bonchev–Trinajstić information content (AvgIpc) is 2.46. The molecule has 1 unspecified atom stereocenters. The van der Waals surface area contributed by atoms with Crippen LogP contribution < -0.4 is 5.32 Å². The summed E-state index contributed by atoms with van der Waals surface area (Å²) < 4.78 is 14.4. The number of aryl methyl sites for hydroxylation is 1. The molecule has 0 aromatic heterocycles. The molecule has 0 amide bonds. The van der Waals surface area contributed by atoms with Crippen molar-refractivity contribution in [1.29, 1.82) is 0 Å². The summed E-state index contributed by atoms with van der Waals surface area (Å²) in [5.74, 6) is -0.205. The molecule has 0 fully saturated rings. The van der Waals surface area contributed by atoms with Gasteiger partial charge < -0.3 is 5.32 Å². The summed E-state index contributed by atoms with van der Waals surface area (Å²) in [5, 5.41) is 3.44. The molecule has 0 radical (unpaired) electrons. The van der Waals surface area contributed by atoms with Crippen molar-refractivity contribution in [3.05, 3.63) is 69.4 Å². The molecule has 2 aromatic carbocycles. The third-order valence-electron chi connectivity index (χ3n) is 3.61. The molecule has 0 saturated heterocycles. The topological polar surface area (TPSA) is 12.0 Å². The van der Waals surface area contributed by atoms with Crippen molar-refractivity contribution in [2.75, 3.05) is 6.54 Å². The molecular formula is C18H21BrFN. The highest BCUT2D eigenvalue weighted by Gasteiger charge is 2.13. The Morgan fingerprint density at radius 2 is 1.71 bits per heavy atom. The van der Waals surface area contributed by atoms with Crippen LogP contribution in [0.4, 0.5) is 4.39 Å². The summed E-state index contributed by atoms with van der Waals surface area (Å²) in [6.45, 7) is 5.08. The van der Waals surface area contributed by atoms with Gasteiger partial charge in [0.25, 0.3) is 0 Å². The molecule has 2 aromatic rings. The van der Waals surface area contributed by atoms with E-state index in [1.807, 2.05) is 6.07 Å². The average molecular weight is 350 g/mol. The van der Waals surface area contributed by atoms with Gasteiger partial charge >= 0.3 is 0 Å². The second kappa shape index (κ2) is 7.71. The summed E-state index contributed by atoms with van der Waals surface area (Å²) >= 11 is 3.37. The van der Waals surface area contributed by atoms with Crippen molar-refractivity contribution in [3.8, 4) is 0 Å². The van der Waals surface area contributed by atoms with Crippen molar-refractivity contribution in [2.24, 2.45) is 0 Å². The Kier molecular flexibility index (Phi) is 5.95. The molecule has 112 valence electrons. The van der Waals surface area contributed by atoms with Gasteiger partial charge in [0.15, 0.2) is 0 Å². The van der Waals surface area contributed by atoms with Crippen molar-refractivity contribution < 1.29 is 4.39 Å². The van der Waals surface area contributed by atoms with Crippen LogP contribution in [0.25, 0.3) is 0 Å². The molecule has 0 saturated carbocycles. The molecule has 0 aliphatic heterocycles. The van der Waals surface area contributed by atoms with Gasteiger partial charge in [-0.15, -0.1) is 0 Å². The van der Waals surface area contributed by atoms with Crippen LogP contribution in [0.3, 0.4) is 0 Å². The van der Waals surface area contributed by atoms with Gasteiger partial charge in [-0.1, -0.05) is 54.0 Å². The van der Waals surface area contributed by atoms with Crippen LogP contribution in [-0.2, 0) is 12.8 Å². The second-order valence-electron chi connectivity index (χ2n) is 5.19. The van der Waals surface area contributed by atoms with Crippen molar-refractivity contribution in [1.82, 2.24) is 5.32 Å². The van der Waals surface area contributed by atoms with E-state index in [2.05, 4.69) is 59.4 Å². The first-order valence-corrected chi connectivity index (χ1v) is 8.18. The first-order chi connectivity index (χ1) is 10.1. The monoisotopic (exact) mass is 349 g/mol. The third-order valence-corrected chi connectivity index (χ3v) is 4.07. The number of hydrogen-bond donors (Lipinski definition) is 1. The van der Waals surface area contributed by atoms with Crippen LogP contribution in [0.1, 0.15) is 36.6 Å². The Labute approximate surface area is 134 Å². The maximum Gasteiger partial charge on any atom is 0.124 e. The Hall–Kier alpha value is -1.19. The number of benzene rings is 2. The van der Waals surface area contributed by atoms with E-state index in [-0.39, 0.29) is 11.9 Å². The van der Waals surface area contributed by atoms with Gasteiger partial charge in [0.1, 0.15) is 5.82 Å². The molecule has 1 N–H and O–H groups in total. The first kappa shape index (κ1) is 16.2. The number of hydrogen-bond acceptors (Lipinski definition) is 1. The molecule has 2 rings (SSSR count). The van der Waals surface area contributed by atoms with Gasteiger partial charge in [-0.2, -0.15) is 0 Å². The highest BCUT2D eigenvalue weighted by molar-refractivity contribution is 9.10. The fraction of sp³-hybridized carbons (Fsp3) is 0.333. The minimum atomic E-state index is -0.205. The molecule has 0 bridgehead atoms. The lowest BCUT2D eigenvalue weighted by atomic mass is 9.97. The summed E-state index contributed by atoms with van der Waals surface area (Å²) in [6.07, 6.45) is 1.90. The standard InChI is InChI=1S/C18H21BrFN/c1-3-13-5-7-14(8-6-13)9-18(21-4-2)15-10-16(19)12-17(20)11-15/h5-8,10-12,18,21H,3-4,9H2,1-2H3. The zero-order chi connectivity index (χ0) is 15.2. The van der Waals surface area contributed by atoms with Gasteiger partial charge in [-0.05, 0) is 54.3 Å². The van der Waals surface area contributed by atoms with E-state index in [4.69, 9.17) is 0 Å². The zero-order valence-corrected chi connectivity index (χ0v) is 14.1. The summed E-state index contributed by atoms with van der Waals surface area (Å²) in [5.41, 5.74) is 3.58. The van der Waals surface area contributed by atoms with Crippen LogP contribution >= 0.6 is 15.9 Å². The first-order valence-electron chi connectivity index (χ1n) is 7.39. The molecule has 3 heteroatoms. The predicted octanol–water partition coefficient (Wildman–Crippen LogP) is 5.04. The molecule has 1 nitrogen and oxygen atoms in total. The quantitative estimate of drug-likeness (QED) is 0.769. The maximum absolute atomic E-state index is 13.6. The molecule has 21 heavy (non-hydrogen) atoms. The third kappa shape index (κ3) is 4.65. The Morgan fingerprint density at radius 1 is 1.05 bits per heavy atom. The molecule has 0 spiro atoms. The molecular weight excluding hydrogens is 329 g/mol. The predicted molar refractivity (Wildman–Crippen MR) is 90.0 cm³/mol. The van der Waals surface area contributed by atoms with Gasteiger partial charge in [0.05, 0.1) is 0 Å². The maximum atomic E-state index is 13.6. The largest absolute Gasteiger partial charge is 0.310 e.